The maximum absolute atomic E-state index is 4.61. The van der Waals surface area contributed by atoms with E-state index in [2.05, 4.69) is 60.4 Å². The first-order chi connectivity index (χ1) is 9.69. The minimum absolute atomic E-state index is 0.257. The number of rotatable bonds is 6. The lowest BCUT2D eigenvalue weighted by atomic mass is 10.0. The largest absolute Gasteiger partial charge is 0.311 e. The molecule has 1 aromatic carbocycles. The van der Waals surface area contributed by atoms with Crippen molar-refractivity contribution >= 4 is 0 Å². The number of nitrogens with zero attached hydrogens (tertiary/aromatic N) is 3. The van der Waals surface area contributed by atoms with Gasteiger partial charge in [-0.15, -0.1) is 0 Å². The van der Waals surface area contributed by atoms with Crippen LogP contribution in [0, 0.1) is 6.92 Å². The van der Waals surface area contributed by atoms with Gasteiger partial charge in [-0.1, -0.05) is 38.1 Å². The highest BCUT2D eigenvalue weighted by atomic mass is 15.4. The van der Waals surface area contributed by atoms with E-state index in [1.807, 2.05) is 11.7 Å². The minimum Gasteiger partial charge on any atom is -0.311 e. The van der Waals surface area contributed by atoms with E-state index in [1.54, 1.807) is 0 Å². The fourth-order valence-corrected chi connectivity index (χ4v) is 2.48. The van der Waals surface area contributed by atoms with Gasteiger partial charge in [0.1, 0.15) is 5.82 Å². The SMILES string of the molecule is CCc1nc(CC)n(CC(NC)c2ccccc2C)n1. The average molecular weight is 272 g/mol. The molecule has 108 valence electrons. The smallest absolute Gasteiger partial charge is 0.150 e. The van der Waals surface area contributed by atoms with Crippen LogP contribution in [0.2, 0.25) is 0 Å². The zero-order valence-corrected chi connectivity index (χ0v) is 12.8. The number of likely N-dealkylation sites (N-methyl/N-ethyl adjacent to an activating group) is 1. The quantitative estimate of drug-likeness (QED) is 0.879. The van der Waals surface area contributed by atoms with Crippen molar-refractivity contribution < 1.29 is 0 Å². The van der Waals surface area contributed by atoms with Crippen molar-refractivity contribution in [3.63, 3.8) is 0 Å². The topological polar surface area (TPSA) is 42.7 Å². The Morgan fingerprint density at radius 3 is 2.55 bits per heavy atom. The predicted molar refractivity (Wildman–Crippen MR) is 81.8 cm³/mol. The van der Waals surface area contributed by atoms with Crippen LogP contribution in [0.3, 0.4) is 0 Å². The Bertz CT molecular complexity index is 559. The van der Waals surface area contributed by atoms with Crippen molar-refractivity contribution in [1.82, 2.24) is 20.1 Å². The number of hydrogen-bond acceptors (Lipinski definition) is 3. The van der Waals surface area contributed by atoms with Crippen molar-refractivity contribution in [2.45, 2.75) is 46.2 Å². The van der Waals surface area contributed by atoms with E-state index in [4.69, 9.17) is 0 Å². The van der Waals surface area contributed by atoms with Gasteiger partial charge in [0.2, 0.25) is 0 Å². The van der Waals surface area contributed by atoms with Gasteiger partial charge in [-0.2, -0.15) is 5.10 Å². The van der Waals surface area contributed by atoms with Crippen LogP contribution >= 0.6 is 0 Å². The van der Waals surface area contributed by atoms with Gasteiger partial charge >= 0.3 is 0 Å². The third-order valence-corrected chi connectivity index (χ3v) is 3.69. The van der Waals surface area contributed by atoms with Crippen molar-refractivity contribution in [3.05, 3.63) is 47.0 Å². The maximum atomic E-state index is 4.61. The van der Waals surface area contributed by atoms with Crippen LogP contribution in [0.1, 0.15) is 42.7 Å². The van der Waals surface area contributed by atoms with Crippen LogP contribution in [-0.2, 0) is 19.4 Å². The molecule has 0 fully saturated rings. The highest BCUT2D eigenvalue weighted by Gasteiger charge is 2.15. The summed E-state index contributed by atoms with van der Waals surface area (Å²) in [5.74, 6) is 2.00. The zero-order chi connectivity index (χ0) is 14.5. The summed E-state index contributed by atoms with van der Waals surface area (Å²) in [4.78, 5) is 4.57. The molecule has 1 N–H and O–H groups in total. The summed E-state index contributed by atoms with van der Waals surface area (Å²) in [7, 11) is 2.00. The summed E-state index contributed by atoms with van der Waals surface area (Å²) < 4.78 is 2.05. The molecule has 4 heteroatoms. The van der Waals surface area contributed by atoms with E-state index in [0.29, 0.717) is 0 Å². The molecular formula is C16H24N4. The molecule has 2 rings (SSSR count). The Morgan fingerprint density at radius 2 is 1.95 bits per heavy atom. The Morgan fingerprint density at radius 1 is 1.20 bits per heavy atom. The van der Waals surface area contributed by atoms with E-state index in [0.717, 1.165) is 31.0 Å². The van der Waals surface area contributed by atoms with Crippen molar-refractivity contribution in [2.75, 3.05) is 7.05 Å². The van der Waals surface area contributed by atoms with Crippen LogP contribution in [0.4, 0.5) is 0 Å². The van der Waals surface area contributed by atoms with Gasteiger partial charge in [-0.3, -0.25) is 0 Å². The lowest BCUT2D eigenvalue weighted by Gasteiger charge is -2.19. The molecule has 1 heterocycles. The van der Waals surface area contributed by atoms with Gasteiger partial charge in [0.25, 0.3) is 0 Å². The van der Waals surface area contributed by atoms with Gasteiger partial charge in [-0.25, -0.2) is 9.67 Å². The summed E-state index contributed by atoms with van der Waals surface area (Å²) in [6.07, 6.45) is 1.80. The highest BCUT2D eigenvalue weighted by Crippen LogP contribution is 2.19. The fraction of sp³-hybridized carbons (Fsp3) is 0.500. The average Bonchev–Trinajstić information content (AvgIpc) is 2.88. The first-order valence-electron chi connectivity index (χ1n) is 7.34. The van der Waals surface area contributed by atoms with Gasteiger partial charge < -0.3 is 5.32 Å². The Hall–Kier alpha value is -1.68. The summed E-state index contributed by atoms with van der Waals surface area (Å²) in [6.45, 7) is 7.19. The lowest BCUT2D eigenvalue weighted by molar-refractivity contribution is 0.452. The molecule has 0 amide bonds. The second kappa shape index (κ2) is 6.66. The van der Waals surface area contributed by atoms with Crippen molar-refractivity contribution in [1.29, 1.82) is 0 Å². The Balaban J connectivity index is 2.26. The predicted octanol–water partition coefficient (Wildman–Crippen LogP) is 2.67. The summed E-state index contributed by atoms with van der Waals surface area (Å²) >= 11 is 0. The van der Waals surface area contributed by atoms with Crippen LogP contribution in [0.25, 0.3) is 0 Å². The molecule has 1 unspecified atom stereocenters. The normalized spacial score (nSPS) is 12.6. The summed E-state index contributed by atoms with van der Waals surface area (Å²) in [5, 5.41) is 8.01. The Kier molecular flexibility index (Phi) is 4.90. The molecule has 0 bridgehead atoms. The summed E-state index contributed by atoms with van der Waals surface area (Å²) in [6, 6.07) is 8.76. The van der Waals surface area contributed by atoms with Crippen LogP contribution in [-0.4, -0.2) is 21.8 Å². The van der Waals surface area contributed by atoms with E-state index in [1.165, 1.54) is 11.1 Å². The van der Waals surface area contributed by atoms with E-state index in [9.17, 15) is 0 Å². The molecule has 1 atom stereocenters. The van der Waals surface area contributed by atoms with Crippen molar-refractivity contribution in [3.8, 4) is 0 Å². The third-order valence-electron chi connectivity index (χ3n) is 3.69. The fourth-order valence-electron chi connectivity index (χ4n) is 2.48. The molecule has 4 nitrogen and oxygen atoms in total. The van der Waals surface area contributed by atoms with Crippen LogP contribution < -0.4 is 5.32 Å². The monoisotopic (exact) mass is 272 g/mol. The van der Waals surface area contributed by atoms with E-state index < -0.39 is 0 Å². The van der Waals surface area contributed by atoms with E-state index >= 15 is 0 Å². The number of aryl methyl sites for hydroxylation is 3. The number of benzene rings is 1. The van der Waals surface area contributed by atoms with Gasteiger partial charge in [-0.05, 0) is 25.1 Å². The maximum Gasteiger partial charge on any atom is 0.150 e. The molecule has 0 saturated carbocycles. The molecule has 0 saturated heterocycles. The minimum atomic E-state index is 0.257. The molecule has 0 aliphatic rings. The van der Waals surface area contributed by atoms with Gasteiger partial charge in [0.15, 0.2) is 5.82 Å². The second-order valence-corrected chi connectivity index (χ2v) is 5.03. The molecular weight excluding hydrogens is 248 g/mol. The molecule has 0 aliphatic carbocycles. The standard InChI is InChI=1S/C16H24N4/c1-5-15-18-16(6-2)20(19-15)11-14(17-4)13-10-8-7-9-12(13)3/h7-10,14,17H,5-6,11H2,1-4H3. The molecule has 2 aromatic rings. The van der Waals surface area contributed by atoms with Gasteiger partial charge in [0.05, 0.1) is 12.6 Å². The van der Waals surface area contributed by atoms with E-state index in [-0.39, 0.29) is 6.04 Å². The summed E-state index contributed by atoms with van der Waals surface area (Å²) in [5.41, 5.74) is 2.63. The number of nitrogens with one attached hydrogen (secondary N) is 1. The molecule has 1 aromatic heterocycles. The molecule has 0 spiro atoms. The van der Waals surface area contributed by atoms with Gasteiger partial charge in [0, 0.05) is 12.8 Å². The first-order valence-corrected chi connectivity index (χ1v) is 7.34. The number of aromatic nitrogens is 3. The third kappa shape index (κ3) is 3.07. The first kappa shape index (κ1) is 14.7. The van der Waals surface area contributed by atoms with Crippen LogP contribution in [0.5, 0.6) is 0 Å². The molecule has 20 heavy (non-hydrogen) atoms. The molecule has 0 aliphatic heterocycles. The highest BCUT2D eigenvalue weighted by molar-refractivity contribution is 5.28. The van der Waals surface area contributed by atoms with Crippen LogP contribution in [0.15, 0.2) is 24.3 Å². The number of hydrogen-bond donors (Lipinski definition) is 1. The molecule has 0 radical (unpaired) electrons. The lowest BCUT2D eigenvalue weighted by Crippen LogP contribution is -2.24. The second-order valence-electron chi connectivity index (χ2n) is 5.03. The van der Waals surface area contributed by atoms with Crippen molar-refractivity contribution in [2.24, 2.45) is 0 Å². The Labute approximate surface area is 121 Å². The zero-order valence-electron chi connectivity index (χ0n) is 12.8.